The molecule has 19 heavy (non-hydrogen) atoms. The third-order valence-corrected chi connectivity index (χ3v) is 3.17. The number of hydrogen-bond donors (Lipinski definition) is 2. The third-order valence-electron chi connectivity index (χ3n) is 3.17. The highest BCUT2D eigenvalue weighted by atomic mass is 16.2. The van der Waals surface area contributed by atoms with Crippen LogP contribution in [0.1, 0.15) is 51.5 Å². The molecule has 1 unspecified atom stereocenters. The largest absolute Gasteiger partial charge is 0.335 e. The molecule has 0 radical (unpaired) electrons. The fourth-order valence-electron chi connectivity index (χ4n) is 2.10. The Morgan fingerprint density at radius 3 is 2.47 bits per heavy atom. The van der Waals surface area contributed by atoms with Gasteiger partial charge in [0.05, 0.1) is 0 Å². The van der Waals surface area contributed by atoms with Crippen LogP contribution in [0.2, 0.25) is 0 Å². The summed E-state index contributed by atoms with van der Waals surface area (Å²) in [6.07, 6.45) is 5.58. The van der Waals surface area contributed by atoms with E-state index in [2.05, 4.69) is 24.5 Å². The van der Waals surface area contributed by atoms with Crippen molar-refractivity contribution >= 4 is 6.03 Å². The van der Waals surface area contributed by atoms with Gasteiger partial charge < -0.3 is 10.6 Å². The Morgan fingerprint density at radius 2 is 1.84 bits per heavy atom. The maximum Gasteiger partial charge on any atom is 0.315 e. The Hall–Kier alpha value is -1.51. The van der Waals surface area contributed by atoms with Crippen molar-refractivity contribution in [3.8, 4) is 0 Å². The van der Waals surface area contributed by atoms with Gasteiger partial charge in [0.1, 0.15) is 0 Å². The van der Waals surface area contributed by atoms with Crippen molar-refractivity contribution in [3.05, 3.63) is 35.9 Å². The second-order valence-corrected chi connectivity index (χ2v) is 4.94. The van der Waals surface area contributed by atoms with Gasteiger partial charge in [0, 0.05) is 12.6 Å². The summed E-state index contributed by atoms with van der Waals surface area (Å²) < 4.78 is 0. The van der Waals surface area contributed by atoms with Crippen molar-refractivity contribution in [3.63, 3.8) is 0 Å². The van der Waals surface area contributed by atoms with E-state index in [1.165, 1.54) is 12.8 Å². The summed E-state index contributed by atoms with van der Waals surface area (Å²) in [7, 11) is 0. The van der Waals surface area contributed by atoms with Crippen molar-refractivity contribution in [2.45, 2.75) is 58.5 Å². The van der Waals surface area contributed by atoms with Gasteiger partial charge in [-0.1, -0.05) is 63.4 Å². The molecule has 0 spiro atoms. The number of rotatable bonds is 8. The monoisotopic (exact) mass is 262 g/mol. The summed E-state index contributed by atoms with van der Waals surface area (Å²) in [5.74, 6) is 0. The molecule has 1 atom stereocenters. The van der Waals surface area contributed by atoms with Crippen LogP contribution in [0.4, 0.5) is 4.79 Å². The number of urea groups is 1. The van der Waals surface area contributed by atoms with Gasteiger partial charge in [0.2, 0.25) is 0 Å². The molecule has 1 aromatic carbocycles. The number of benzene rings is 1. The first-order chi connectivity index (χ1) is 9.26. The molecule has 0 aliphatic rings. The predicted octanol–water partition coefficient (Wildman–Crippen LogP) is 3.84. The highest BCUT2D eigenvalue weighted by Crippen LogP contribution is 2.06. The minimum absolute atomic E-state index is 0.0570. The van der Waals surface area contributed by atoms with Crippen molar-refractivity contribution in [1.82, 2.24) is 10.6 Å². The molecule has 0 bridgehead atoms. The van der Waals surface area contributed by atoms with Gasteiger partial charge in [-0.05, 0) is 18.4 Å². The summed E-state index contributed by atoms with van der Waals surface area (Å²) in [5.41, 5.74) is 1.12. The highest BCUT2D eigenvalue weighted by Gasteiger charge is 2.10. The van der Waals surface area contributed by atoms with Crippen LogP contribution < -0.4 is 10.6 Å². The van der Waals surface area contributed by atoms with E-state index in [1.807, 2.05) is 30.3 Å². The van der Waals surface area contributed by atoms with Crippen LogP contribution >= 0.6 is 0 Å². The second kappa shape index (κ2) is 9.42. The van der Waals surface area contributed by atoms with Crippen molar-refractivity contribution < 1.29 is 4.79 Å². The lowest BCUT2D eigenvalue weighted by Crippen LogP contribution is -2.41. The molecule has 106 valence electrons. The molecule has 3 nitrogen and oxygen atoms in total. The Kier molecular flexibility index (Phi) is 7.71. The molecule has 1 rings (SSSR count). The molecular formula is C16H26N2O. The molecule has 2 N–H and O–H groups in total. The second-order valence-electron chi connectivity index (χ2n) is 4.94. The number of nitrogens with one attached hydrogen (secondary N) is 2. The average Bonchev–Trinajstić information content (AvgIpc) is 2.44. The van der Waals surface area contributed by atoms with Gasteiger partial charge in [-0.15, -0.1) is 0 Å². The lowest BCUT2D eigenvalue weighted by atomic mass is 10.1. The van der Waals surface area contributed by atoms with Crippen LogP contribution in [0.15, 0.2) is 30.3 Å². The van der Waals surface area contributed by atoms with Crippen LogP contribution in [0.3, 0.4) is 0 Å². The molecule has 0 saturated heterocycles. The van der Waals surface area contributed by atoms with E-state index in [4.69, 9.17) is 0 Å². The summed E-state index contributed by atoms with van der Waals surface area (Å²) in [4.78, 5) is 11.8. The van der Waals surface area contributed by atoms with Crippen LogP contribution in [-0.4, -0.2) is 12.1 Å². The van der Waals surface area contributed by atoms with E-state index in [0.29, 0.717) is 12.6 Å². The Bertz CT molecular complexity index is 351. The zero-order valence-corrected chi connectivity index (χ0v) is 12.1. The summed E-state index contributed by atoms with van der Waals surface area (Å²) in [6, 6.07) is 10.2. The van der Waals surface area contributed by atoms with Crippen molar-refractivity contribution in [2.75, 3.05) is 0 Å². The Morgan fingerprint density at radius 1 is 1.11 bits per heavy atom. The molecule has 0 aliphatic heterocycles. The summed E-state index contributed by atoms with van der Waals surface area (Å²) in [6.45, 7) is 4.92. The minimum atomic E-state index is -0.0570. The number of unbranched alkanes of at least 4 members (excludes halogenated alkanes) is 1. The molecule has 1 aromatic rings. The SMILES string of the molecule is CCCCC(CCC)NC(=O)NCc1ccccc1. The van der Waals surface area contributed by atoms with Gasteiger partial charge in [-0.25, -0.2) is 4.79 Å². The van der Waals surface area contributed by atoms with Gasteiger partial charge in [0.15, 0.2) is 0 Å². The lowest BCUT2D eigenvalue weighted by molar-refractivity contribution is 0.234. The molecule has 0 aliphatic carbocycles. The van der Waals surface area contributed by atoms with E-state index in [9.17, 15) is 4.79 Å². The fraction of sp³-hybridized carbons (Fsp3) is 0.562. The smallest absolute Gasteiger partial charge is 0.315 e. The molecule has 2 amide bonds. The molecular weight excluding hydrogens is 236 g/mol. The highest BCUT2D eigenvalue weighted by molar-refractivity contribution is 5.74. The lowest BCUT2D eigenvalue weighted by Gasteiger charge is -2.18. The van der Waals surface area contributed by atoms with Gasteiger partial charge in [-0.2, -0.15) is 0 Å². The third kappa shape index (κ3) is 6.85. The van der Waals surface area contributed by atoms with Crippen molar-refractivity contribution in [1.29, 1.82) is 0 Å². The quantitative estimate of drug-likeness (QED) is 0.734. The molecule has 0 heterocycles. The van der Waals surface area contributed by atoms with E-state index >= 15 is 0 Å². The Balaban J connectivity index is 2.31. The molecule has 0 fully saturated rings. The normalized spacial score (nSPS) is 11.9. The summed E-state index contributed by atoms with van der Waals surface area (Å²) in [5, 5.41) is 5.99. The van der Waals surface area contributed by atoms with E-state index in [0.717, 1.165) is 24.8 Å². The number of hydrogen-bond acceptors (Lipinski definition) is 1. The Labute approximate surface area is 116 Å². The average molecular weight is 262 g/mol. The molecule has 0 aromatic heterocycles. The maximum atomic E-state index is 11.8. The number of carbonyl (C=O) groups is 1. The van der Waals surface area contributed by atoms with Crippen LogP contribution in [-0.2, 0) is 6.54 Å². The molecule has 3 heteroatoms. The maximum absolute atomic E-state index is 11.8. The topological polar surface area (TPSA) is 41.1 Å². The zero-order valence-electron chi connectivity index (χ0n) is 12.1. The minimum Gasteiger partial charge on any atom is -0.335 e. The standard InChI is InChI=1S/C16H26N2O/c1-3-5-12-15(9-4-2)18-16(19)17-13-14-10-7-6-8-11-14/h6-8,10-11,15H,3-5,9,12-13H2,1-2H3,(H2,17,18,19). The summed E-state index contributed by atoms with van der Waals surface area (Å²) >= 11 is 0. The van der Waals surface area contributed by atoms with E-state index < -0.39 is 0 Å². The zero-order chi connectivity index (χ0) is 13.9. The fourth-order valence-corrected chi connectivity index (χ4v) is 2.10. The first kappa shape index (κ1) is 15.5. The van der Waals surface area contributed by atoms with Gasteiger partial charge >= 0.3 is 6.03 Å². The number of carbonyl (C=O) groups excluding carboxylic acids is 1. The van der Waals surface area contributed by atoms with Gasteiger partial charge in [0.25, 0.3) is 0 Å². The molecule has 0 saturated carbocycles. The van der Waals surface area contributed by atoms with Gasteiger partial charge in [-0.3, -0.25) is 0 Å². The predicted molar refractivity (Wildman–Crippen MR) is 80.0 cm³/mol. The van der Waals surface area contributed by atoms with Crippen LogP contribution in [0.25, 0.3) is 0 Å². The van der Waals surface area contributed by atoms with Crippen LogP contribution in [0, 0.1) is 0 Å². The van der Waals surface area contributed by atoms with E-state index in [-0.39, 0.29) is 6.03 Å². The van der Waals surface area contributed by atoms with Crippen molar-refractivity contribution in [2.24, 2.45) is 0 Å². The first-order valence-electron chi connectivity index (χ1n) is 7.34. The van der Waals surface area contributed by atoms with E-state index in [1.54, 1.807) is 0 Å². The first-order valence-corrected chi connectivity index (χ1v) is 7.34. The number of amides is 2. The van der Waals surface area contributed by atoms with Crippen LogP contribution in [0.5, 0.6) is 0 Å².